The molecular weight excluding hydrogens is 234 g/mol. The average Bonchev–Trinajstić information content (AvgIpc) is 2.33. The molecule has 1 aromatic rings. The second-order valence-corrected chi connectivity index (χ2v) is 5.50. The first-order valence-corrected chi connectivity index (χ1v) is 5.53. The Bertz CT molecular complexity index is 259. The minimum atomic E-state index is 0.0848. The molecule has 68 valence electrons. The molecule has 0 aromatic carbocycles. The molecule has 0 spiro atoms. The van der Waals surface area contributed by atoms with Crippen LogP contribution in [0.3, 0.4) is 0 Å². The first-order valence-electron chi connectivity index (χ1n) is 3.92. The molecule has 0 bridgehead atoms. The summed E-state index contributed by atoms with van der Waals surface area (Å²) in [7, 11) is 1.99. The minimum Gasteiger partial charge on any atom is -0.310 e. The first-order chi connectivity index (χ1) is 5.47. The van der Waals surface area contributed by atoms with E-state index in [-0.39, 0.29) is 5.54 Å². The van der Waals surface area contributed by atoms with Gasteiger partial charge in [-0.25, -0.2) is 0 Å². The molecule has 1 nitrogen and oxygen atoms in total. The van der Waals surface area contributed by atoms with Crippen molar-refractivity contribution < 1.29 is 0 Å². The van der Waals surface area contributed by atoms with Crippen LogP contribution in [0.4, 0.5) is 0 Å². The van der Waals surface area contributed by atoms with Crippen molar-refractivity contribution in [2.45, 2.75) is 26.3 Å². The highest BCUT2D eigenvalue weighted by atomic mass is 79.9. The van der Waals surface area contributed by atoms with Crippen molar-refractivity contribution in [1.29, 1.82) is 0 Å². The quantitative estimate of drug-likeness (QED) is 0.846. The lowest BCUT2D eigenvalue weighted by molar-refractivity contribution is 0.454. The van der Waals surface area contributed by atoms with Crippen LogP contribution in [-0.2, 0) is 5.54 Å². The summed E-state index contributed by atoms with van der Waals surface area (Å²) in [4.78, 5) is 2.71. The lowest BCUT2D eigenvalue weighted by atomic mass is 10.0. The lowest BCUT2D eigenvalue weighted by Crippen LogP contribution is -2.31. The van der Waals surface area contributed by atoms with Crippen LogP contribution in [0.5, 0.6) is 0 Å². The van der Waals surface area contributed by atoms with E-state index >= 15 is 0 Å². The monoisotopic (exact) mass is 247 g/mol. The zero-order chi connectivity index (χ0) is 9.35. The Labute approximate surface area is 86.3 Å². The van der Waals surface area contributed by atoms with Crippen LogP contribution in [0.15, 0.2) is 10.5 Å². The van der Waals surface area contributed by atoms with Crippen LogP contribution in [-0.4, -0.2) is 7.05 Å². The minimum absolute atomic E-state index is 0.0848. The fourth-order valence-electron chi connectivity index (χ4n) is 0.891. The molecule has 0 amide bonds. The fourth-order valence-corrected chi connectivity index (χ4v) is 2.53. The van der Waals surface area contributed by atoms with Crippen molar-refractivity contribution in [2.75, 3.05) is 7.05 Å². The van der Waals surface area contributed by atoms with Gasteiger partial charge in [0.1, 0.15) is 0 Å². The summed E-state index contributed by atoms with van der Waals surface area (Å²) < 4.78 is 1.21. The van der Waals surface area contributed by atoms with Crippen LogP contribution in [0, 0.1) is 6.92 Å². The van der Waals surface area contributed by atoms with Crippen LogP contribution >= 0.6 is 27.3 Å². The number of nitrogens with one attached hydrogen (secondary N) is 1. The highest BCUT2D eigenvalue weighted by Crippen LogP contribution is 2.33. The Kier molecular flexibility index (Phi) is 2.97. The standard InChI is InChI=1S/C9H14BrNS/c1-6-7(10)5-8(12-6)9(2,3)11-4/h5,11H,1-4H3. The van der Waals surface area contributed by atoms with Crippen LogP contribution in [0.1, 0.15) is 23.6 Å². The molecular formula is C9H14BrNS. The Morgan fingerprint density at radius 2 is 2.08 bits per heavy atom. The maximum absolute atomic E-state index is 3.52. The van der Waals surface area contributed by atoms with Crippen LogP contribution < -0.4 is 5.32 Å². The number of halogens is 1. The second-order valence-electron chi connectivity index (χ2n) is 3.39. The summed E-state index contributed by atoms with van der Waals surface area (Å²) in [5.41, 5.74) is 0.0848. The maximum atomic E-state index is 3.52. The third kappa shape index (κ3) is 1.90. The van der Waals surface area contributed by atoms with Gasteiger partial charge in [-0.1, -0.05) is 0 Å². The molecule has 0 aliphatic carbocycles. The zero-order valence-electron chi connectivity index (χ0n) is 7.86. The molecule has 0 radical (unpaired) electrons. The van der Waals surface area contributed by atoms with Gasteiger partial charge in [0.05, 0.1) is 0 Å². The van der Waals surface area contributed by atoms with Gasteiger partial charge in [0.2, 0.25) is 0 Å². The number of hydrogen-bond acceptors (Lipinski definition) is 2. The molecule has 0 aliphatic rings. The smallest absolute Gasteiger partial charge is 0.0469 e. The zero-order valence-corrected chi connectivity index (χ0v) is 10.3. The van der Waals surface area contributed by atoms with E-state index in [4.69, 9.17) is 0 Å². The van der Waals surface area contributed by atoms with Gasteiger partial charge in [-0.15, -0.1) is 11.3 Å². The van der Waals surface area contributed by atoms with E-state index < -0.39 is 0 Å². The summed E-state index contributed by atoms with van der Waals surface area (Å²) in [6, 6.07) is 2.19. The molecule has 0 saturated carbocycles. The van der Waals surface area contributed by atoms with E-state index in [2.05, 4.69) is 48.1 Å². The third-order valence-electron chi connectivity index (χ3n) is 2.10. The molecule has 0 fully saturated rings. The van der Waals surface area contributed by atoms with Gasteiger partial charge in [-0.3, -0.25) is 0 Å². The molecule has 0 aliphatic heterocycles. The molecule has 0 saturated heterocycles. The molecule has 1 aromatic heterocycles. The first kappa shape index (κ1) is 10.2. The van der Waals surface area contributed by atoms with Crippen LogP contribution in [0.2, 0.25) is 0 Å². The molecule has 0 atom stereocenters. The van der Waals surface area contributed by atoms with Gasteiger partial charge in [-0.2, -0.15) is 0 Å². The molecule has 1 rings (SSSR count). The maximum Gasteiger partial charge on any atom is 0.0469 e. The molecule has 3 heteroatoms. The lowest BCUT2D eigenvalue weighted by Gasteiger charge is -2.21. The Hall–Kier alpha value is 0.140. The average molecular weight is 248 g/mol. The van der Waals surface area contributed by atoms with E-state index in [1.54, 1.807) is 0 Å². The van der Waals surface area contributed by atoms with E-state index in [1.165, 1.54) is 14.2 Å². The number of aryl methyl sites for hydroxylation is 1. The van der Waals surface area contributed by atoms with E-state index in [0.717, 1.165) is 0 Å². The molecule has 0 unspecified atom stereocenters. The number of thiophene rings is 1. The van der Waals surface area contributed by atoms with E-state index in [1.807, 2.05) is 18.4 Å². The predicted octanol–water partition coefficient (Wildman–Crippen LogP) is 3.27. The van der Waals surface area contributed by atoms with Gasteiger partial charge in [0.25, 0.3) is 0 Å². The molecule has 1 N–H and O–H groups in total. The van der Waals surface area contributed by atoms with Gasteiger partial charge in [0.15, 0.2) is 0 Å². The van der Waals surface area contributed by atoms with E-state index in [0.29, 0.717) is 0 Å². The predicted molar refractivity (Wildman–Crippen MR) is 58.8 cm³/mol. The Morgan fingerprint density at radius 1 is 1.50 bits per heavy atom. The van der Waals surface area contributed by atoms with Gasteiger partial charge < -0.3 is 5.32 Å². The van der Waals surface area contributed by atoms with Gasteiger partial charge in [-0.05, 0) is 49.8 Å². The summed E-state index contributed by atoms with van der Waals surface area (Å²) in [6.45, 7) is 6.50. The second kappa shape index (κ2) is 3.48. The van der Waals surface area contributed by atoms with Crippen molar-refractivity contribution in [2.24, 2.45) is 0 Å². The SMILES string of the molecule is CNC(C)(C)c1cc(Br)c(C)s1. The topological polar surface area (TPSA) is 12.0 Å². The Balaban J connectivity index is 3.04. The number of hydrogen-bond donors (Lipinski definition) is 1. The van der Waals surface area contributed by atoms with Gasteiger partial charge in [0, 0.05) is 19.8 Å². The normalized spacial score (nSPS) is 12.1. The number of rotatable bonds is 2. The van der Waals surface area contributed by atoms with Crippen molar-refractivity contribution >= 4 is 27.3 Å². The van der Waals surface area contributed by atoms with Crippen molar-refractivity contribution in [3.63, 3.8) is 0 Å². The third-order valence-corrected chi connectivity index (χ3v) is 4.56. The fraction of sp³-hybridized carbons (Fsp3) is 0.556. The summed E-state index contributed by atoms with van der Waals surface area (Å²) in [6.07, 6.45) is 0. The van der Waals surface area contributed by atoms with E-state index in [9.17, 15) is 0 Å². The van der Waals surface area contributed by atoms with Crippen molar-refractivity contribution in [1.82, 2.24) is 5.32 Å². The Morgan fingerprint density at radius 3 is 2.42 bits per heavy atom. The summed E-state index contributed by atoms with van der Waals surface area (Å²) >= 11 is 5.36. The molecule has 12 heavy (non-hydrogen) atoms. The highest BCUT2D eigenvalue weighted by molar-refractivity contribution is 9.10. The summed E-state index contributed by atoms with van der Waals surface area (Å²) in [5.74, 6) is 0. The molecule has 1 heterocycles. The van der Waals surface area contributed by atoms with Gasteiger partial charge >= 0.3 is 0 Å². The van der Waals surface area contributed by atoms with Crippen LogP contribution in [0.25, 0.3) is 0 Å². The largest absolute Gasteiger partial charge is 0.310 e. The summed E-state index contributed by atoms with van der Waals surface area (Å²) in [5, 5.41) is 3.29. The highest BCUT2D eigenvalue weighted by Gasteiger charge is 2.20. The van der Waals surface area contributed by atoms with Crippen molar-refractivity contribution in [3.8, 4) is 0 Å². The van der Waals surface area contributed by atoms with Crippen molar-refractivity contribution in [3.05, 3.63) is 20.3 Å².